The molecule has 1 heterocycles. The Kier molecular flexibility index (Phi) is 6.44. The highest BCUT2D eigenvalue weighted by Crippen LogP contribution is 2.21. The summed E-state index contributed by atoms with van der Waals surface area (Å²) in [5.74, 6) is -0.554. The number of amides is 1. The molecule has 29 heavy (non-hydrogen) atoms. The van der Waals surface area contributed by atoms with Crippen LogP contribution in [-0.2, 0) is 11.2 Å². The number of benzene rings is 2. The summed E-state index contributed by atoms with van der Waals surface area (Å²) >= 11 is 0. The zero-order chi connectivity index (χ0) is 20.8. The van der Waals surface area contributed by atoms with Crippen LogP contribution in [0.1, 0.15) is 42.6 Å². The topological polar surface area (TPSA) is 85.6 Å². The quantitative estimate of drug-likeness (QED) is 0.374. The Morgan fingerprint density at radius 2 is 1.86 bits per heavy atom. The molecular formula is C23H23NO5. The van der Waals surface area contributed by atoms with E-state index in [1.165, 1.54) is 12.1 Å². The maximum atomic E-state index is 12.2. The van der Waals surface area contributed by atoms with E-state index in [1.807, 2.05) is 44.2 Å². The van der Waals surface area contributed by atoms with Gasteiger partial charge in [-0.3, -0.25) is 9.59 Å². The number of rotatable bonds is 7. The van der Waals surface area contributed by atoms with Gasteiger partial charge in [0.05, 0.1) is 0 Å². The van der Waals surface area contributed by atoms with Crippen LogP contribution in [0.5, 0.6) is 5.75 Å². The van der Waals surface area contributed by atoms with Gasteiger partial charge in [-0.25, -0.2) is 4.79 Å². The maximum absolute atomic E-state index is 12.2. The van der Waals surface area contributed by atoms with E-state index in [0.29, 0.717) is 11.8 Å². The number of hydrogen-bond acceptors (Lipinski definition) is 5. The van der Waals surface area contributed by atoms with Gasteiger partial charge in [-0.05, 0) is 43.5 Å². The first-order valence-corrected chi connectivity index (χ1v) is 9.59. The summed E-state index contributed by atoms with van der Waals surface area (Å²) in [6, 6.07) is 15.8. The van der Waals surface area contributed by atoms with Gasteiger partial charge >= 0.3 is 11.6 Å². The van der Waals surface area contributed by atoms with E-state index in [9.17, 15) is 14.4 Å². The molecule has 1 N–H and O–H groups in total. The van der Waals surface area contributed by atoms with Crippen LogP contribution in [-0.4, -0.2) is 17.9 Å². The summed E-state index contributed by atoms with van der Waals surface area (Å²) in [5, 5.41) is 3.32. The molecule has 0 fully saturated rings. The van der Waals surface area contributed by atoms with Crippen LogP contribution in [0.2, 0.25) is 0 Å². The van der Waals surface area contributed by atoms with Crippen LogP contribution in [0, 0.1) is 0 Å². The number of carbonyl (C=O) groups is 2. The van der Waals surface area contributed by atoms with Crippen LogP contribution in [0.15, 0.2) is 63.8 Å². The third-order valence-corrected chi connectivity index (χ3v) is 4.63. The van der Waals surface area contributed by atoms with Gasteiger partial charge in [-0.2, -0.15) is 0 Å². The molecule has 0 bridgehead atoms. The lowest BCUT2D eigenvalue weighted by Gasteiger charge is -2.11. The van der Waals surface area contributed by atoms with E-state index in [0.717, 1.165) is 12.0 Å². The molecule has 1 unspecified atom stereocenters. The molecule has 1 amide bonds. The minimum atomic E-state index is -0.731. The summed E-state index contributed by atoms with van der Waals surface area (Å²) in [5.41, 5.74) is 0.525. The maximum Gasteiger partial charge on any atom is 0.349 e. The first kappa shape index (κ1) is 20.3. The number of esters is 1. The predicted octanol–water partition coefficient (Wildman–Crippen LogP) is 3.86. The van der Waals surface area contributed by atoms with Crippen LogP contribution in [0.3, 0.4) is 0 Å². The van der Waals surface area contributed by atoms with Crippen molar-refractivity contribution in [2.45, 2.75) is 39.2 Å². The molecule has 0 aliphatic rings. The monoisotopic (exact) mass is 393 g/mol. The molecule has 0 aliphatic heterocycles. The molecule has 0 spiro atoms. The Balaban J connectivity index is 1.71. The third-order valence-electron chi connectivity index (χ3n) is 4.63. The van der Waals surface area contributed by atoms with E-state index in [-0.39, 0.29) is 35.3 Å². The summed E-state index contributed by atoms with van der Waals surface area (Å²) in [7, 11) is 0. The van der Waals surface area contributed by atoms with E-state index in [1.54, 1.807) is 12.1 Å². The molecule has 0 saturated carbocycles. The predicted molar refractivity (Wildman–Crippen MR) is 110 cm³/mol. The van der Waals surface area contributed by atoms with Gasteiger partial charge in [-0.15, -0.1) is 0 Å². The standard InChI is InChI=1S/C23H23NO5/c1-3-15(2)24-22(26)19-13-17-10-11-18(14-20(17)29-23(19)27)28-21(25)12-9-16-7-5-4-6-8-16/h4-8,10-11,13-15H,3,9,12H2,1-2H3,(H,24,26). The lowest BCUT2D eigenvalue weighted by molar-refractivity contribution is -0.134. The first-order valence-electron chi connectivity index (χ1n) is 9.59. The molecule has 0 radical (unpaired) electrons. The van der Waals surface area contributed by atoms with Crippen LogP contribution in [0.25, 0.3) is 11.0 Å². The molecule has 3 aromatic rings. The molecule has 6 heteroatoms. The second kappa shape index (κ2) is 9.19. The highest BCUT2D eigenvalue weighted by Gasteiger charge is 2.16. The number of ether oxygens (including phenoxy) is 1. The zero-order valence-corrected chi connectivity index (χ0v) is 16.4. The van der Waals surface area contributed by atoms with Gasteiger partial charge in [-0.1, -0.05) is 37.3 Å². The Labute approximate surface area is 168 Å². The van der Waals surface area contributed by atoms with Crippen molar-refractivity contribution < 1.29 is 18.7 Å². The molecule has 0 aliphatic carbocycles. The summed E-state index contributed by atoms with van der Waals surface area (Å²) in [6.07, 6.45) is 1.57. The van der Waals surface area contributed by atoms with Crippen molar-refractivity contribution in [1.82, 2.24) is 5.32 Å². The summed E-state index contributed by atoms with van der Waals surface area (Å²) in [4.78, 5) is 36.5. The molecule has 150 valence electrons. The number of hydrogen-bond donors (Lipinski definition) is 1. The van der Waals surface area contributed by atoms with E-state index in [4.69, 9.17) is 9.15 Å². The molecule has 6 nitrogen and oxygen atoms in total. The highest BCUT2D eigenvalue weighted by atomic mass is 16.5. The van der Waals surface area contributed by atoms with Gasteiger partial charge in [0.15, 0.2) is 0 Å². The molecule has 2 aromatic carbocycles. The smallest absolute Gasteiger partial charge is 0.349 e. The fourth-order valence-corrected chi connectivity index (χ4v) is 2.79. The fraction of sp³-hybridized carbons (Fsp3) is 0.261. The summed E-state index contributed by atoms with van der Waals surface area (Å²) in [6.45, 7) is 3.80. The van der Waals surface area contributed by atoms with Crippen LogP contribution in [0.4, 0.5) is 0 Å². The molecule has 1 atom stereocenters. The number of carbonyl (C=O) groups excluding carboxylic acids is 2. The van der Waals surface area contributed by atoms with Crippen LogP contribution >= 0.6 is 0 Å². The van der Waals surface area contributed by atoms with Crippen LogP contribution < -0.4 is 15.7 Å². The Hall–Kier alpha value is -3.41. The van der Waals surface area contributed by atoms with Gasteiger partial charge in [0.25, 0.3) is 5.91 Å². The number of fused-ring (bicyclic) bond motifs is 1. The minimum Gasteiger partial charge on any atom is -0.426 e. The minimum absolute atomic E-state index is 0.0460. The molecular weight excluding hydrogens is 370 g/mol. The van der Waals surface area contributed by atoms with Gasteiger partial charge in [0.2, 0.25) is 0 Å². The molecule has 3 rings (SSSR count). The Bertz CT molecular complexity index is 1070. The summed E-state index contributed by atoms with van der Waals surface area (Å²) < 4.78 is 10.6. The van der Waals surface area contributed by atoms with Crippen molar-refractivity contribution in [2.24, 2.45) is 0 Å². The van der Waals surface area contributed by atoms with E-state index >= 15 is 0 Å². The lowest BCUT2D eigenvalue weighted by atomic mass is 10.1. The lowest BCUT2D eigenvalue weighted by Crippen LogP contribution is -2.34. The third kappa shape index (κ3) is 5.31. The first-order chi connectivity index (χ1) is 14.0. The van der Waals surface area contributed by atoms with Gasteiger partial charge < -0.3 is 14.5 Å². The number of aryl methyl sites for hydroxylation is 1. The highest BCUT2D eigenvalue weighted by molar-refractivity contribution is 5.97. The van der Waals surface area contributed by atoms with Gasteiger partial charge in [0.1, 0.15) is 16.9 Å². The Morgan fingerprint density at radius 1 is 1.10 bits per heavy atom. The zero-order valence-electron chi connectivity index (χ0n) is 16.4. The largest absolute Gasteiger partial charge is 0.426 e. The van der Waals surface area contributed by atoms with Crippen molar-refractivity contribution in [3.63, 3.8) is 0 Å². The second-order valence-electron chi connectivity index (χ2n) is 6.89. The van der Waals surface area contributed by atoms with Crippen molar-refractivity contribution in [3.8, 4) is 5.75 Å². The van der Waals surface area contributed by atoms with Crippen molar-refractivity contribution in [1.29, 1.82) is 0 Å². The average Bonchev–Trinajstić information content (AvgIpc) is 2.72. The average molecular weight is 393 g/mol. The molecule has 1 aromatic heterocycles. The van der Waals surface area contributed by atoms with Gasteiger partial charge in [0, 0.05) is 23.9 Å². The fourth-order valence-electron chi connectivity index (χ4n) is 2.79. The normalized spacial score (nSPS) is 11.8. The number of nitrogens with one attached hydrogen (secondary N) is 1. The van der Waals surface area contributed by atoms with Crippen molar-refractivity contribution >= 4 is 22.8 Å². The SMILES string of the molecule is CCC(C)NC(=O)c1cc2ccc(OC(=O)CCc3ccccc3)cc2oc1=O. The van der Waals surface area contributed by atoms with E-state index < -0.39 is 11.5 Å². The Morgan fingerprint density at radius 3 is 2.59 bits per heavy atom. The molecule has 0 saturated heterocycles. The second-order valence-corrected chi connectivity index (χ2v) is 6.89. The van der Waals surface area contributed by atoms with Crippen molar-refractivity contribution in [3.05, 3.63) is 76.1 Å². The van der Waals surface area contributed by atoms with Crippen molar-refractivity contribution in [2.75, 3.05) is 0 Å². The van der Waals surface area contributed by atoms with E-state index in [2.05, 4.69) is 5.32 Å².